The van der Waals surface area contributed by atoms with E-state index >= 15 is 0 Å². The zero-order valence-electron chi connectivity index (χ0n) is 19.2. The molecule has 7 heteroatoms. The van der Waals surface area contributed by atoms with E-state index in [0.717, 1.165) is 22.6 Å². The zero-order valence-corrected chi connectivity index (χ0v) is 19.2. The molecule has 2 N–H and O–H groups in total. The molecule has 1 heterocycles. The molecule has 0 bridgehead atoms. The molecular weight excluding hydrogens is 448 g/mol. The Balaban J connectivity index is 1.55. The van der Waals surface area contributed by atoms with Gasteiger partial charge >= 0.3 is 0 Å². The highest BCUT2D eigenvalue weighted by molar-refractivity contribution is 5.88. The van der Waals surface area contributed by atoms with Crippen molar-refractivity contribution < 1.29 is 18.4 Å². The summed E-state index contributed by atoms with van der Waals surface area (Å²) in [5.74, 6) is -1.02. The number of halogens is 2. The lowest BCUT2D eigenvalue weighted by Gasteiger charge is -2.15. The van der Waals surface area contributed by atoms with Crippen molar-refractivity contribution in [3.05, 3.63) is 108 Å². The van der Waals surface area contributed by atoms with Crippen molar-refractivity contribution in [2.45, 2.75) is 26.3 Å². The summed E-state index contributed by atoms with van der Waals surface area (Å²) in [5, 5.41) is 5.52. The van der Waals surface area contributed by atoms with E-state index in [0.29, 0.717) is 17.7 Å². The van der Waals surface area contributed by atoms with Gasteiger partial charge in [-0.2, -0.15) is 0 Å². The molecule has 1 aromatic heterocycles. The molecule has 0 spiro atoms. The van der Waals surface area contributed by atoms with E-state index in [-0.39, 0.29) is 36.4 Å². The number of anilines is 1. The Bertz CT molecular complexity index is 1330. The second-order valence-corrected chi connectivity index (χ2v) is 8.15. The van der Waals surface area contributed by atoms with Gasteiger partial charge in [-0.25, -0.2) is 8.78 Å². The molecular formula is C28H25F2N3O2. The summed E-state index contributed by atoms with van der Waals surface area (Å²) in [4.78, 5) is 23.8. The summed E-state index contributed by atoms with van der Waals surface area (Å²) < 4.78 is 29.3. The molecule has 0 atom stereocenters. The average Bonchev–Trinajstić information content (AvgIpc) is 3.27. The summed E-state index contributed by atoms with van der Waals surface area (Å²) >= 11 is 0. The van der Waals surface area contributed by atoms with Crippen LogP contribution in [0.1, 0.15) is 24.6 Å². The highest BCUT2D eigenvalue weighted by atomic mass is 19.1. The number of carbonyl (C=O) groups excluding carboxylic acids is 2. The molecule has 35 heavy (non-hydrogen) atoms. The van der Waals surface area contributed by atoms with Crippen LogP contribution >= 0.6 is 0 Å². The van der Waals surface area contributed by atoms with E-state index < -0.39 is 0 Å². The molecule has 0 saturated heterocycles. The normalized spacial score (nSPS) is 10.7. The minimum atomic E-state index is -0.353. The number of carbonyl (C=O) groups is 2. The maximum absolute atomic E-state index is 13.8. The molecule has 0 aliphatic heterocycles. The summed E-state index contributed by atoms with van der Waals surface area (Å²) in [6, 6.07) is 23.8. The third kappa shape index (κ3) is 6.00. The average molecular weight is 474 g/mol. The van der Waals surface area contributed by atoms with Crippen molar-refractivity contribution in [3.8, 4) is 16.9 Å². The van der Waals surface area contributed by atoms with Crippen molar-refractivity contribution in [2.24, 2.45) is 0 Å². The van der Waals surface area contributed by atoms with Crippen molar-refractivity contribution >= 4 is 17.5 Å². The van der Waals surface area contributed by atoms with E-state index in [1.165, 1.54) is 25.1 Å². The van der Waals surface area contributed by atoms with Gasteiger partial charge in [-0.1, -0.05) is 18.2 Å². The van der Waals surface area contributed by atoms with Gasteiger partial charge in [-0.05, 0) is 78.7 Å². The van der Waals surface area contributed by atoms with Gasteiger partial charge in [0, 0.05) is 42.5 Å². The largest absolute Gasteiger partial charge is 0.352 e. The van der Waals surface area contributed by atoms with Crippen LogP contribution in [0.15, 0.2) is 84.9 Å². The van der Waals surface area contributed by atoms with Crippen LogP contribution in [0.5, 0.6) is 0 Å². The van der Waals surface area contributed by atoms with Crippen molar-refractivity contribution in [1.82, 2.24) is 9.88 Å². The number of hydrogen-bond donors (Lipinski definition) is 2. The Kier molecular flexibility index (Phi) is 7.35. The molecule has 0 radical (unpaired) electrons. The van der Waals surface area contributed by atoms with Gasteiger partial charge in [0.15, 0.2) is 0 Å². The van der Waals surface area contributed by atoms with E-state index in [2.05, 4.69) is 10.6 Å². The van der Waals surface area contributed by atoms with Crippen LogP contribution in [0.2, 0.25) is 0 Å². The topological polar surface area (TPSA) is 63.1 Å². The minimum Gasteiger partial charge on any atom is -0.352 e. The smallest absolute Gasteiger partial charge is 0.221 e. The van der Waals surface area contributed by atoms with E-state index in [4.69, 9.17) is 0 Å². The van der Waals surface area contributed by atoms with E-state index in [1.54, 1.807) is 42.5 Å². The predicted molar refractivity (Wildman–Crippen MR) is 132 cm³/mol. The van der Waals surface area contributed by atoms with Crippen LogP contribution in [0.4, 0.5) is 14.5 Å². The van der Waals surface area contributed by atoms with Crippen molar-refractivity contribution in [3.63, 3.8) is 0 Å². The maximum Gasteiger partial charge on any atom is 0.221 e. The van der Waals surface area contributed by atoms with Crippen molar-refractivity contribution in [2.75, 3.05) is 5.32 Å². The Morgan fingerprint density at radius 3 is 2.26 bits per heavy atom. The van der Waals surface area contributed by atoms with Crippen LogP contribution in [0.25, 0.3) is 16.9 Å². The number of aromatic nitrogens is 1. The second kappa shape index (κ2) is 10.8. The number of benzene rings is 3. The molecule has 4 rings (SSSR count). The van der Waals surface area contributed by atoms with Gasteiger partial charge in [0.25, 0.3) is 0 Å². The number of nitrogens with zero attached hydrogens (tertiary/aromatic N) is 1. The lowest BCUT2D eigenvalue weighted by atomic mass is 10.1. The van der Waals surface area contributed by atoms with Crippen LogP contribution < -0.4 is 10.6 Å². The summed E-state index contributed by atoms with van der Waals surface area (Å²) in [7, 11) is 0. The molecule has 0 aliphatic rings. The summed E-state index contributed by atoms with van der Waals surface area (Å²) in [5.41, 5.74) is 4.50. The first kappa shape index (κ1) is 23.9. The van der Waals surface area contributed by atoms with Gasteiger partial charge < -0.3 is 15.2 Å². The molecule has 3 aromatic carbocycles. The summed E-state index contributed by atoms with van der Waals surface area (Å²) in [6.07, 6.45) is 0.656. The standard InChI is InChI=1S/C28H25F2N3O2/c1-19(34)32-23-10-12-24(13-11-23)33-25(14-16-27(33)20-6-8-22(29)9-7-20)15-17-28(35)31-18-21-4-2-3-5-26(21)30/h2-14,16H,15,17-18H2,1H3,(H,31,35)(H,32,34). The number of amides is 2. The lowest BCUT2D eigenvalue weighted by molar-refractivity contribution is -0.121. The van der Waals surface area contributed by atoms with Crippen molar-refractivity contribution in [1.29, 1.82) is 0 Å². The Morgan fingerprint density at radius 2 is 1.57 bits per heavy atom. The maximum atomic E-state index is 13.8. The number of nitrogens with one attached hydrogen (secondary N) is 2. The Labute approximate surface area is 202 Å². The number of rotatable bonds is 8. The highest BCUT2D eigenvalue weighted by Crippen LogP contribution is 2.28. The first-order valence-electron chi connectivity index (χ1n) is 11.3. The molecule has 0 fully saturated rings. The van der Waals surface area contributed by atoms with Crippen LogP contribution in [-0.2, 0) is 22.6 Å². The highest BCUT2D eigenvalue weighted by Gasteiger charge is 2.14. The van der Waals surface area contributed by atoms with Gasteiger partial charge in [-0.3, -0.25) is 9.59 Å². The molecule has 4 aromatic rings. The third-order valence-electron chi connectivity index (χ3n) is 5.59. The first-order chi connectivity index (χ1) is 16.9. The quantitative estimate of drug-likeness (QED) is 0.348. The fraction of sp³-hybridized carbons (Fsp3) is 0.143. The minimum absolute atomic E-state index is 0.123. The Morgan fingerprint density at radius 1 is 0.857 bits per heavy atom. The second-order valence-electron chi connectivity index (χ2n) is 8.15. The fourth-order valence-corrected chi connectivity index (χ4v) is 3.89. The number of hydrogen-bond acceptors (Lipinski definition) is 2. The van der Waals surface area contributed by atoms with Gasteiger partial charge in [-0.15, -0.1) is 0 Å². The van der Waals surface area contributed by atoms with Crippen LogP contribution in [0, 0.1) is 11.6 Å². The lowest BCUT2D eigenvalue weighted by Crippen LogP contribution is -2.23. The molecule has 2 amide bonds. The number of aryl methyl sites for hydroxylation is 1. The van der Waals surface area contributed by atoms with E-state index in [9.17, 15) is 18.4 Å². The predicted octanol–water partition coefficient (Wildman–Crippen LogP) is 5.63. The molecule has 0 unspecified atom stereocenters. The van der Waals surface area contributed by atoms with Gasteiger partial charge in [0.1, 0.15) is 11.6 Å². The van der Waals surface area contributed by atoms with Gasteiger partial charge in [0.05, 0.1) is 5.69 Å². The SMILES string of the molecule is CC(=O)Nc1ccc(-n2c(CCC(=O)NCc3ccccc3F)ccc2-c2ccc(F)cc2)cc1. The fourth-order valence-electron chi connectivity index (χ4n) is 3.89. The first-order valence-corrected chi connectivity index (χ1v) is 11.3. The zero-order chi connectivity index (χ0) is 24.8. The molecule has 178 valence electrons. The van der Waals surface area contributed by atoms with Crippen LogP contribution in [-0.4, -0.2) is 16.4 Å². The summed E-state index contributed by atoms with van der Waals surface area (Å²) in [6.45, 7) is 1.57. The third-order valence-corrected chi connectivity index (χ3v) is 5.59. The van der Waals surface area contributed by atoms with Gasteiger partial charge in [0.2, 0.25) is 11.8 Å². The molecule has 5 nitrogen and oxygen atoms in total. The van der Waals surface area contributed by atoms with Crippen LogP contribution in [0.3, 0.4) is 0 Å². The monoisotopic (exact) mass is 473 g/mol. The molecule has 0 saturated carbocycles. The Hall–Kier alpha value is -4.26. The molecule has 0 aliphatic carbocycles. The van der Waals surface area contributed by atoms with E-state index in [1.807, 2.05) is 28.8 Å².